The first-order chi connectivity index (χ1) is 10.1. The summed E-state index contributed by atoms with van der Waals surface area (Å²) in [4.78, 5) is 25.2. The third-order valence-electron chi connectivity index (χ3n) is 3.49. The molecule has 0 bridgehead atoms. The molecular weight excluding hydrogens is 304 g/mol. The molecule has 2 rings (SSSR count). The SMILES string of the molecule is Cc1c(C)n(Cc2c(F)cccc2C(F)(F)F)c(=O)[nH]c1=O. The van der Waals surface area contributed by atoms with Gasteiger partial charge in [0.25, 0.3) is 5.56 Å². The molecule has 2 aromatic rings. The zero-order valence-electron chi connectivity index (χ0n) is 11.7. The molecule has 118 valence electrons. The summed E-state index contributed by atoms with van der Waals surface area (Å²) >= 11 is 0. The van der Waals surface area contributed by atoms with Gasteiger partial charge in [-0.2, -0.15) is 13.2 Å². The van der Waals surface area contributed by atoms with Gasteiger partial charge in [-0.25, -0.2) is 9.18 Å². The fourth-order valence-corrected chi connectivity index (χ4v) is 2.11. The third-order valence-corrected chi connectivity index (χ3v) is 3.49. The van der Waals surface area contributed by atoms with E-state index in [2.05, 4.69) is 0 Å². The highest BCUT2D eigenvalue weighted by molar-refractivity contribution is 5.32. The minimum Gasteiger partial charge on any atom is -0.293 e. The predicted molar refractivity (Wildman–Crippen MR) is 71.3 cm³/mol. The lowest BCUT2D eigenvalue weighted by Crippen LogP contribution is -2.34. The zero-order chi connectivity index (χ0) is 16.7. The highest BCUT2D eigenvalue weighted by atomic mass is 19.4. The summed E-state index contributed by atoms with van der Waals surface area (Å²) in [6, 6.07) is 2.59. The minimum atomic E-state index is -4.74. The van der Waals surface area contributed by atoms with Crippen LogP contribution in [0.2, 0.25) is 0 Å². The zero-order valence-corrected chi connectivity index (χ0v) is 11.7. The first-order valence-corrected chi connectivity index (χ1v) is 6.28. The van der Waals surface area contributed by atoms with Gasteiger partial charge >= 0.3 is 11.9 Å². The molecule has 4 nitrogen and oxygen atoms in total. The van der Waals surface area contributed by atoms with Crippen molar-refractivity contribution in [3.8, 4) is 0 Å². The molecule has 0 radical (unpaired) electrons. The van der Waals surface area contributed by atoms with Gasteiger partial charge in [0.1, 0.15) is 5.82 Å². The molecule has 0 aliphatic carbocycles. The van der Waals surface area contributed by atoms with E-state index >= 15 is 0 Å². The average Bonchev–Trinajstić information content (AvgIpc) is 2.41. The molecule has 0 unspecified atom stereocenters. The van der Waals surface area contributed by atoms with Gasteiger partial charge in [0.05, 0.1) is 12.1 Å². The molecule has 1 heterocycles. The van der Waals surface area contributed by atoms with Crippen molar-refractivity contribution in [2.24, 2.45) is 0 Å². The van der Waals surface area contributed by atoms with Crippen LogP contribution in [0.5, 0.6) is 0 Å². The largest absolute Gasteiger partial charge is 0.416 e. The number of aromatic amines is 1. The van der Waals surface area contributed by atoms with Crippen molar-refractivity contribution in [1.29, 1.82) is 0 Å². The molecule has 0 amide bonds. The quantitative estimate of drug-likeness (QED) is 0.865. The number of hydrogen-bond acceptors (Lipinski definition) is 2. The summed E-state index contributed by atoms with van der Waals surface area (Å²) in [5.41, 5.74) is -2.93. The second-order valence-electron chi connectivity index (χ2n) is 4.82. The minimum absolute atomic E-state index is 0.185. The Morgan fingerprint density at radius 3 is 2.41 bits per heavy atom. The first-order valence-electron chi connectivity index (χ1n) is 6.28. The molecule has 0 spiro atoms. The molecule has 0 saturated carbocycles. The maximum Gasteiger partial charge on any atom is 0.416 e. The van der Waals surface area contributed by atoms with Gasteiger partial charge in [0.15, 0.2) is 0 Å². The van der Waals surface area contributed by atoms with Gasteiger partial charge in [-0.15, -0.1) is 0 Å². The standard InChI is InChI=1S/C14H12F4N2O2/c1-7-8(2)20(13(22)19-12(7)21)6-9-10(14(16,17)18)4-3-5-11(9)15/h3-5H,6H2,1-2H3,(H,19,21,22). The Hall–Kier alpha value is -2.38. The van der Waals surface area contributed by atoms with Crippen molar-refractivity contribution in [3.63, 3.8) is 0 Å². The molecule has 0 fully saturated rings. The van der Waals surface area contributed by atoms with E-state index in [1.54, 1.807) is 0 Å². The number of aromatic nitrogens is 2. The number of alkyl halides is 3. The number of rotatable bonds is 2. The third kappa shape index (κ3) is 2.81. The van der Waals surface area contributed by atoms with Gasteiger partial charge < -0.3 is 0 Å². The molecule has 1 aromatic heterocycles. The Morgan fingerprint density at radius 1 is 1.18 bits per heavy atom. The molecule has 0 saturated heterocycles. The van der Waals surface area contributed by atoms with Gasteiger partial charge in [-0.1, -0.05) is 6.07 Å². The Balaban J connectivity index is 2.66. The van der Waals surface area contributed by atoms with Gasteiger partial charge in [-0.05, 0) is 26.0 Å². The predicted octanol–water partition coefficient (Wildman–Crippen LogP) is 2.36. The van der Waals surface area contributed by atoms with Crippen LogP contribution in [0, 0.1) is 19.7 Å². The van der Waals surface area contributed by atoms with Gasteiger partial charge in [-0.3, -0.25) is 14.3 Å². The Kier molecular flexibility index (Phi) is 3.95. The molecule has 22 heavy (non-hydrogen) atoms. The van der Waals surface area contributed by atoms with Crippen molar-refractivity contribution in [2.45, 2.75) is 26.6 Å². The van der Waals surface area contributed by atoms with Crippen LogP contribution >= 0.6 is 0 Å². The summed E-state index contributed by atoms with van der Waals surface area (Å²) in [7, 11) is 0. The Bertz CT molecular complexity index is 834. The second kappa shape index (κ2) is 5.43. The van der Waals surface area contributed by atoms with Gasteiger partial charge in [0.2, 0.25) is 0 Å². The van der Waals surface area contributed by atoms with Crippen LogP contribution in [0.25, 0.3) is 0 Å². The van der Waals surface area contributed by atoms with E-state index < -0.39 is 40.9 Å². The molecule has 0 aliphatic rings. The summed E-state index contributed by atoms with van der Waals surface area (Å²) in [5.74, 6) is -1.06. The molecule has 0 atom stereocenters. The summed E-state index contributed by atoms with van der Waals surface area (Å²) < 4.78 is 53.6. The van der Waals surface area contributed by atoms with Crippen LogP contribution in [-0.4, -0.2) is 9.55 Å². The highest BCUT2D eigenvalue weighted by Gasteiger charge is 2.34. The molecule has 8 heteroatoms. The summed E-state index contributed by atoms with van der Waals surface area (Å²) in [5, 5.41) is 0. The lowest BCUT2D eigenvalue weighted by Gasteiger charge is -2.16. The number of halogens is 4. The van der Waals surface area contributed by atoms with Crippen LogP contribution in [0.3, 0.4) is 0 Å². The first kappa shape index (κ1) is 16.0. The van der Waals surface area contributed by atoms with E-state index in [0.29, 0.717) is 0 Å². The van der Waals surface area contributed by atoms with Crippen molar-refractivity contribution in [2.75, 3.05) is 0 Å². The van der Waals surface area contributed by atoms with E-state index in [0.717, 1.165) is 22.8 Å². The van der Waals surface area contributed by atoms with E-state index in [1.807, 2.05) is 4.98 Å². The smallest absolute Gasteiger partial charge is 0.293 e. The van der Waals surface area contributed by atoms with Crippen molar-refractivity contribution in [3.05, 3.63) is 67.2 Å². The molecule has 1 N–H and O–H groups in total. The maximum absolute atomic E-state index is 13.8. The van der Waals surface area contributed by atoms with Crippen LogP contribution in [0.4, 0.5) is 17.6 Å². The Morgan fingerprint density at radius 2 is 1.82 bits per heavy atom. The lowest BCUT2D eigenvalue weighted by molar-refractivity contribution is -0.138. The fourth-order valence-electron chi connectivity index (χ4n) is 2.11. The molecule has 0 aliphatic heterocycles. The molecular formula is C14H12F4N2O2. The maximum atomic E-state index is 13.8. The van der Waals surface area contributed by atoms with Gasteiger partial charge in [0, 0.05) is 16.8 Å². The van der Waals surface area contributed by atoms with Crippen molar-refractivity contribution < 1.29 is 17.6 Å². The fraction of sp³-hybridized carbons (Fsp3) is 0.286. The van der Waals surface area contributed by atoms with Crippen LogP contribution < -0.4 is 11.2 Å². The lowest BCUT2D eigenvalue weighted by atomic mass is 10.1. The summed E-state index contributed by atoms with van der Waals surface area (Å²) in [6.45, 7) is 2.22. The van der Waals surface area contributed by atoms with Crippen molar-refractivity contribution in [1.82, 2.24) is 9.55 Å². The number of benzene rings is 1. The van der Waals surface area contributed by atoms with Crippen LogP contribution in [0.1, 0.15) is 22.4 Å². The van der Waals surface area contributed by atoms with E-state index in [1.165, 1.54) is 13.8 Å². The Labute approximate surface area is 122 Å². The number of H-pyrrole nitrogens is 1. The number of nitrogens with one attached hydrogen (secondary N) is 1. The van der Waals surface area contributed by atoms with Crippen LogP contribution in [-0.2, 0) is 12.7 Å². The second-order valence-corrected chi connectivity index (χ2v) is 4.82. The monoisotopic (exact) mass is 316 g/mol. The highest BCUT2D eigenvalue weighted by Crippen LogP contribution is 2.33. The molecule has 1 aromatic carbocycles. The van der Waals surface area contributed by atoms with Crippen LogP contribution in [0.15, 0.2) is 27.8 Å². The van der Waals surface area contributed by atoms with E-state index in [-0.39, 0.29) is 11.3 Å². The van der Waals surface area contributed by atoms with Crippen molar-refractivity contribution >= 4 is 0 Å². The van der Waals surface area contributed by atoms with E-state index in [4.69, 9.17) is 0 Å². The van der Waals surface area contributed by atoms with E-state index in [9.17, 15) is 27.2 Å². The summed E-state index contributed by atoms with van der Waals surface area (Å²) in [6.07, 6.45) is -4.74. The number of hydrogen-bond donors (Lipinski definition) is 1. The number of nitrogens with zero attached hydrogens (tertiary/aromatic N) is 1. The average molecular weight is 316 g/mol. The normalized spacial score (nSPS) is 11.7. The topological polar surface area (TPSA) is 54.9 Å².